The molecule has 19 heavy (non-hydrogen) atoms. The van der Waals surface area contributed by atoms with Gasteiger partial charge in [-0.3, -0.25) is 0 Å². The van der Waals surface area contributed by atoms with E-state index < -0.39 is 5.97 Å². The zero-order valence-corrected chi connectivity index (χ0v) is 10.6. The van der Waals surface area contributed by atoms with Gasteiger partial charge in [0, 0.05) is 5.56 Å². The van der Waals surface area contributed by atoms with E-state index in [-0.39, 0.29) is 4.88 Å². The molecule has 0 radical (unpaired) electrons. The first kappa shape index (κ1) is 11.7. The van der Waals surface area contributed by atoms with Gasteiger partial charge in [0.1, 0.15) is 4.88 Å². The molecule has 0 unspecified atom stereocenters. The van der Waals surface area contributed by atoms with Crippen LogP contribution in [0.2, 0.25) is 0 Å². The normalized spacial score (nSPS) is 10.5. The van der Waals surface area contributed by atoms with Crippen molar-refractivity contribution in [1.82, 2.24) is 4.98 Å². The molecule has 5 heteroatoms. The second kappa shape index (κ2) is 4.70. The second-order valence-electron chi connectivity index (χ2n) is 3.86. The van der Waals surface area contributed by atoms with Gasteiger partial charge in [-0.25, -0.2) is 9.78 Å². The van der Waals surface area contributed by atoms with E-state index in [0.29, 0.717) is 16.5 Å². The summed E-state index contributed by atoms with van der Waals surface area (Å²) in [5.74, 6) is 0.170. The standard InChI is InChI=1S/C14H9NO3S/c16-14(17)12-7-6-11(19-12)13-15-8-10(18-13)9-4-2-1-3-5-9/h1-8H,(H,16,17). The van der Waals surface area contributed by atoms with Crippen LogP contribution in [0.15, 0.2) is 53.1 Å². The predicted molar refractivity (Wildman–Crippen MR) is 72.2 cm³/mol. The van der Waals surface area contributed by atoms with Gasteiger partial charge in [-0.05, 0) is 12.1 Å². The summed E-state index contributed by atoms with van der Waals surface area (Å²) in [6.07, 6.45) is 1.64. The van der Waals surface area contributed by atoms with E-state index in [4.69, 9.17) is 9.52 Å². The van der Waals surface area contributed by atoms with Crippen molar-refractivity contribution in [2.75, 3.05) is 0 Å². The van der Waals surface area contributed by atoms with E-state index in [9.17, 15) is 4.79 Å². The molecule has 0 atom stereocenters. The molecule has 0 spiro atoms. The molecule has 0 saturated heterocycles. The summed E-state index contributed by atoms with van der Waals surface area (Å²) in [7, 11) is 0. The lowest BCUT2D eigenvalue weighted by Gasteiger charge is -1.93. The number of aromatic nitrogens is 1. The monoisotopic (exact) mass is 271 g/mol. The summed E-state index contributed by atoms with van der Waals surface area (Å²) >= 11 is 1.15. The van der Waals surface area contributed by atoms with Crippen molar-refractivity contribution in [3.05, 3.63) is 53.5 Å². The molecule has 2 aromatic heterocycles. The van der Waals surface area contributed by atoms with Crippen molar-refractivity contribution in [1.29, 1.82) is 0 Å². The summed E-state index contributed by atoms with van der Waals surface area (Å²) in [6.45, 7) is 0. The molecule has 0 aliphatic rings. The SMILES string of the molecule is O=C(O)c1ccc(-c2ncc(-c3ccccc3)o2)s1. The molecule has 0 fully saturated rings. The van der Waals surface area contributed by atoms with Crippen LogP contribution in [0.25, 0.3) is 22.1 Å². The van der Waals surface area contributed by atoms with E-state index in [0.717, 1.165) is 16.9 Å². The maximum absolute atomic E-state index is 10.8. The number of carbonyl (C=O) groups is 1. The third kappa shape index (κ3) is 2.28. The Morgan fingerprint density at radius 3 is 2.63 bits per heavy atom. The van der Waals surface area contributed by atoms with Crippen LogP contribution in [0.5, 0.6) is 0 Å². The highest BCUT2D eigenvalue weighted by molar-refractivity contribution is 7.17. The van der Waals surface area contributed by atoms with Crippen molar-refractivity contribution in [3.8, 4) is 22.1 Å². The van der Waals surface area contributed by atoms with Crippen molar-refractivity contribution < 1.29 is 14.3 Å². The Labute approximate surface area is 113 Å². The van der Waals surface area contributed by atoms with Crippen molar-refractivity contribution in [3.63, 3.8) is 0 Å². The lowest BCUT2D eigenvalue weighted by molar-refractivity contribution is 0.0702. The van der Waals surface area contributed by atoms with E-state index in [2.05, 4.69) is 4.98 Å². The van der Waals surface area contributed by atoms with E-state index in [1.54, 1.807) is 18.3 Å². The van der Waals surface area contributed by atoms with Crippen LogP contribution in [0.1, 0.15) is 9.67 Å². The van der Waals surface area contributed by atoms with Crippen LogP contribution in [-0.2, 0) is 0 Å². The number of carboxylic acids is 1. The number of rotatable bonds is 3. The fraction of sp³-hybridized carbons (Fsp3) is 0. The van der Waals surface area contributed by atoms with Gasteiger partial charge in [-0.1, -0.05) is 30.3 Å². The Hall–Kier alpha value is -2.40. The molecule has 94 valence electrons. The third-order valence-electron chi connectivity index (χ3n) is 2.59. The van der Waals surface area contributed by atoms with Gasteiger partial charge < -0.3 is 9.52 Å². The van der Waals surface area contributed by atoms with E-state index >= 15 is 0 Å². The molecule has 2 heterocycles. The van der Waals surface area contributed by atoms with Gasteiger partial charge in [0.15, 0.2) is 5.76 Å². The van der Waals surface area contributed by atoms with Crippen molar-refractivity contribution in [2.24, 2.45) is 0 Å². The fourth-order valence-corrected chi connectivity index (χ4v) is 2.47. The second-order valence-corrected chi connectivity index (χ2v) is 4.95. The molecule has 3 rings (SSSR count). The lowest BCUT2D eigenvalue weighted by Crippen LogP contribution is -1.89. The van der Waals surface area contributed by atoms with Gasteiger partial charge in [0.25, 0.3) is 0 Å². The highest BCUT2D eigenvalue weighted by atomic mass is 32.1. The molecule has 3 aromatic rings. The molecule has 4 nitrogen and oxygen atoms in total. The zero-order valence-electron chi connectivity index (χ0n) is 9.74. The van der Waals surface area contributed by atoms with Crippen LogP contribution in [0, 0.1) is 0 Å². The minimum Gasteiger partial charge on any atom is -0.477 e. The molecule has 1 N–H and O–H groups in total. The average Bonchev–Trinajstić information content (AvgIpc) is 3.09. The first-order valence-electron chi connectivity index (χ1n) is 5.59. The topological polar surface area (TPSA) is 63.3 Å². The molecule has 0 aliphatic carbocycles. The molecular formula is C14H9NO3S. The highest BCUT2D eigenvalue weighted by Gasteiger charge is 2.13. The number of benzene rings is 1. The molecule has 0 amide bonds. The number of hydrogen-bond acceptors (Lipinski definition) is 4. The minimum atomic E-state index is -0.939. The molecule has 0 saturated carbocycles. The largest absolute Gasteiger partial charge is 0.477 e. The molecular weight excluding hydrogens is 262 g/mol. The number of carboxylic acid groups (broad SMARTS) is 1. The van der Waals surface area contributed by atoms with Gasteiger partial charge in [-0.15, -0.1) is 11.3 Å². The quantitative estimate of drug-likeness (QED) is 0.787. The molecule has 0 aliphatic heterocycles. The van der Waals surface area contributed by atoms with E-state index in [1.165, 1.54) is 0 Å². The summed E-state index contributed by atoms with van der Waals surface area (Å²) < 4.78 is 5.66. The number of nitrogens with zero attached hydrogens (tertiary/aromatic N) is 1. The fourth-order valence-electron chi connectivity index (χ4n) is 1.69. The third-order valence-corrected chi connectivity index (χ3v) is 3.65. The number of aromatic carboxylic acids is 1. The van der Waals surface area contributed by atoms with E-state index in [1.807, 2.05) is 30.3 Å². The Balaban J connectivity index is 1.94. The minimum absolute atomic E-state index is 0.273. The lowest BCUT2D eigenvalue weighted by atomic mass is 10.2. The first-order valence-corrected chi connectivity index (χ1v) is 6.40. The van der Waals surface area contributed by atoms with Crippen molar-refractivity contribution in [2.45, 2.75) is 0 Å². The predicted octanol–water partition coefficient (Wildman–Crippen LogP) is 3.77. The Morgan fingerprint density at radius 1 is 1.16 bits per heavy atom. The summed E-state index contributed by atoms with van der Waals surface area (Å²) in [4.78, 5) is 16.0. The highest BCUT2D eigenvalue weighted by Crippen LogP contribution is 2.30. The Kier molecular flexibility index (Phi) is 2.89. The Bertz CT molecular complexity index is 715. The smallest absolute Gasteiger partial charge is 0.345 e. The summed E-state index contributed by atoms with van der Waals surface area (Å²) in [5, 5.41) is 8.89. The van der Waals surface area contributed by atoms with Crippen LogP contribution in [0.4, 0.5) is 0 Å². The molecule has 0 bridgehead atoms. The van der Waals surface area contributed by atoms with Gasteiger partial charge in [-0.2, -0.15) is 0 Å². The number of oxazole rings is 1. The number of thiophene rings is 1. The van der Waals surface area contributed by atoms with Gasteiger partial charge >= 0.3 is 5.97 Å². The van der Waals surface area contributed by atoms with Gasteiger partial charge in [0.2, 0.25) is 5.89 Å². The van der Waals surface area contributed by atoms with Crippen LogP contribution >= 0.6 is 11.3 Å². The first-order chi connectivity index (χ1) is 9.24. The maximum Gasteiger partial charge on any atom is 0.345 e. The van der Waals surface area contributed by atoms with Gasteiger partial charge in [0.05, 0.1) is 11.1 Å². The average molecular weight is 271 g/mol. The summed E-state index contributed by atoms with van der Waals surface area (Å²) in [5.41, 5.74) is 0.941. The van der Waals surface area contributed by atoms with Crippen molar-refractivity contribution >= 4 is 17.3 Å². The molecule has 1 aromatic carbocycles. The number of hydrogen-bond donors (Lipinski definition) is 1. The van der Waals surface area contributed by atoms with Crippen LogP contribution in [0.3, 0.4) is 0 Å². The summed E-state index contributed by atoms with van der Waals surface area (Å²) in [6, 6.07) is 12.9. The van der Waals surface area contributed by atoms with Crippen LogP contribution < -0.4 is 0 Å². The Morgan fingerprint density at radius 2 is 1.95 bits per heavy atom. The van der Waals surface area contributed by atoms with Crippen LogP contribution in [-0.4, -0.2) is 16.1 Å². The zero-order chi connectivity index (χ0) is 13.2. The maximum atomic E-state index is 10.8.